The maximum atomic E-state index is 13.1. The second-order valence-electron chi connectivity index (χ2n) is 13.4. The van der Waals surface area contributed by atoms with Gasteiger partial charge in [-0.05, 0) is 103 Å². The maximum Gasteiger partial charge on any atom is 0.338 e. The Morgan fingerprint density at radius 1 is 1.00 bits per heavy atom. The molecule has 0 amide bonds. The lowest BCUT2D eigenvalue weighted by molar-refractivity contribution is -0.0953. The van der Waals surface area contributed by atoms with Gasteiger partial charge in [-0.25, -0.2) is 4.79 Å². The smallest absolute Gasteiger partial charge is 0.338 e. The van der Waals surface area contributed by atoms with E-state index in [4.69, 9.17) is 4.74 Å². The molecule has 0 aromatic heterocycles. The number of hydrogen-bond donors (Lipinski definition) is 0. The van der Waals surface area contributed by atoms with Crippen LogP contribution in [-0.2, 0) is 4.74 Å². The van der Waals surface area contributed by atoms with Gasteiger partial charge in [0.15, 0.2) is 0 Å². The Bertz CT molecular complexity index is 1000. The van der Waals surface area contributed by atoms with Gasteiger partial charge in [0.1, 0.15) is 6.10 Å². The molecule has 4 aliphatic carbocycles. The second-order valence-corrected chi connectivity index (χ2v) is 13.4. The Labute approximate surface area is 220 Å². The van der Waals surface area contributed by atoms with Gasteiger partial charge in [0.05, 0.1) is 5.56 Å². The van der Waals surface area contributed by atoms with E-state index in [2.05, 4.69) is 46.8 Å². The standard InChI is InChI=1S/C34H48O2/c1-23(2)11-9-12-24(3)28-19-20-29-27-18-17-26-15-10-16-31(36-32(35)25-13-7-6-8-14-25)34(26,5)30(27)21-22-33(28,29)4/h6-8,13-14,18,20,23-24,26,28,30-31H,9-12,15-17,19,21-22H2,1-5H3/t24-,26?,28-,30+,31?,33-,34+/m1/s1. The molecule has 0 heterocycles. The molecule has 2 fully saturated rings. The molecule has 0 aliphatic heterocycles. The van der Waals surface area contributed by atoms with Crippen LogP contribution in [0.1, 0.15) is 109 Å². The van der Waals surface area contributed by atoms with Gasteiger partial charge in [0, 0.05) is 5.41 Å². The van der Waals surface area contributed by atoms with Crippen molar-refractivity contribution in [2.75, 3.05) is 0 Å². The van der Waals surface area contributed by atoms with Crippen molar-refractivity contribution in [2.24, 2.45) is 40.4 Å². The van der Waals surface area contributed by atoms with Crippen molar-refractivity contribution in [1.29, 1.82) is 0 Å². The van der Waals surface area contributed by atoms with Crippen molar-refractivity contribution in [3.8, 4) is 0 Å². The van der Waals surface area contributed by atoms with Crippen molar-refractivity contribution in [3.05, 3.63) is 59.2 Å². The van der Waals surface area contributed by atoms with Crippen LogP contribution in [0, 0.1) is 40.4 Å². The van der Waals surface area contributed by atoms with Gasteiger partial charge < -0.3 is 4.74 Å². The van der Waals surface area contributed by atoms with E-state index >= 15 is 0 Å². The Balaban J connectivity index is 1.36. The molecule has 1 aromatic carbocycles. The molecule has 36 heavy (non-hydrogen) atoms. The molecule has 0 saturated heterocycles. The highest BCUT2D eigenvalue weighted by Crippen LogP contribution is 2.65. The summed E-state index contributed by atoms with van der Waals surface area (Å²) < 4.78 is 6.37. The van der Waals surface area contributed by atoms with E-state index in [1.54, 1.807) is 11.1 Å². The topological polar surface area (TPSA) is 26.3 Å². The average molecular weight is 489 g/mol. The van der Waals surface area contributed by atoms with E-state index in [1.807, 2.05) is 30.3 Å². The van der Waals surface area contributed by atoms with E-state index < -0.39 is 0 Å². The maximum absolute atomic E-state index is 13.1. The van der Waals surface area contributed by atoms with E-state index in [9.17, 15) is 4.79 Å². The Morgan fingerprint density at radius 2 is 1.78 bits per heavy atom. The summed E-state index contributed by atoms with van der Waals surface area (Å²) in [6.45, 7) is 12.3. The third-order valence-electron chi connectivity index (χ3n) is 11.0. The molecule has 2 heteroatoms. The molecular formula is C34H48O2. The monoisotopic (exact) mass is 488 g/mol. The molecule has 0 radical (unpaired) electrons. The number of carbonyl (C=O) groups excluding carboxylic acids is 1. The van der Waals surface area contributed by atoms with Crippen molar-refractivity contribution in [3.63, 3.8) is 0 Å². The first-order valence-electron chi connectivity index (χ1n) is 14.9. The number of allylic oxidation sites excluding steroid dienone is 4. The van der Waals surface area contributed by atoms with Crippen LogP contribution < -0.4 is 0 Å². The van der Waals surface area contributed by atoms with Crippen molar-refractivity contribution < 1.29 is 9.53 Å². The fraction of sp³-hybridized carbons (Fsp3) is 0.676. The van der Waals surface area contributed by atoms with Crippen LogP contribution in [0.3, 0.4) is 0 Å². The first kappa shape index (κ1) is 25.8. The summed E-state index contributed by atoms with van der Waals surface area (Å²) in [6, 6.07) is 9.58. The van der Waals surface area contributed by atoms with Crippen LogP contribution in [0.4, 0.5) is 0 Å². The van der Waals surface area contributed by atoms with Gasteiger partial charge in [-0.2, -0.15) is 0 Å². The summed E-state index contributed by atoms with van der Waals surface area (Å²) in [5.74, 6) is 3.34. The fourth-order valence-electron chi connectivity index (χ4n) is 8.84. The first-order chi connectivity index (χ1) is 17.2. The van der Waals surface area contributed by atoms with Crippen LogP contribution in [0.5, 0.6) is 0 Å². The first-order valence-corrected chi connectivity index (χ1v) is 14.9. The molecule has 196 valence electrons. The number of ether oxygens (including phenoxy) is 1. The normalized spacial score (nSPS) is 36.3. The van der Waals surface area contributed by atoms with Crippen LogP contribution in [0.25, 0.3) is 0 Å². The van der Waals surface area contributed by atoms with Gasteiger partial charge in [-0.3, -0.25) is 0 Å². The van der Waals surface area contributed by atoms with Crippen molar-refractivity contribution in [2.45, 2.75) is 105 Å². The number of carbonyl (C=O) groups is 1. The molecule has 2 nitrogen and oxygen atoms in total. The summed E-state index contributed by atoms with van der Waals surface area (Å²) >= 11 is 0. The lowest BCUT2D eigenvalue weighted by Crippen LogP contribution is -2.54. The van der Waals surface area contributed by atoms with E-state index in [0.717, 1.165) is 30.6 Å². The minimum atomic E-state index is -0.144. The van der Waals surface area contributed by atoms with Crippen LogP contribution in [0.15, 0.2) is 53.6 Å². The highest BCUT2D eigenvalue weighted by molar-refractivity contribution is 5.89. The fourth-order valence-corrected chi connectivity index (χ4v) is 8.84. The zero-order chi connectivity index (χ0) is 25.5. The highest BCUT2D eigenvalue weighted by Gasteiger charge is 2.58. The number of fused-ring (bicyclic) bond motifs is 5. The summed E-state index contributed by atoms with van der Waals surface area (Å²) in [4.78, 5) is 13.1. The third-order valence-corrected chi connectivity index (χ3v) is 11.0. The molecular weight excluding hydrogens is 440 g/mol. The molecule has 0 bridgehead atoms. The molecule has 0 spiro atoms. The number of esters is 1. The molecule has 0 N–H and O–H groups in total. The Hall–Kier alpha value is -1.83. The Morgan fingerprint density at radius 3 is 2.53 bits per heavy atom. The number of rotatable bonds is 7. The van der Waals surface area contributed by atoms with Gasteiger partial charge >= 0.3 is 5.97 Å². The summed E-state index contributed by atoms with van der Waals surface area (Å²) in [5, 5.41) is 0. The molecule has 4 aliphatic rings. The molecule has 7 atom stereocenters. The molecule has 1 aromatic rings. The zero-order valence-electron chi connectivity index (χ0n) is 23.4. The van der Waals surface area contributed by atoms with Gasteiger partial charge in [0.2, 0.25) is 0 Å². The van der Waals surface area contributed by atoms with Crippen LogP contribution >= 0.6 is 0 Å². The largest absolute Gasteiger partial charge is 0.458 e. The van der Waals surface area contributed by atoms with E-state index in [1.165, 1.54) is 51.4 Å². The quantitative estimate of drug-likeness (QED) is 0.358. The van der Waals surface area contributed by atoms with Gasteiger partial charge in [-0.1, -0.05) is 84.2 Å². The van der Waals surface area contributed by atoms with Crippen molar-refractivity contribution >= 4 is 5.97 Å². The Kier molecular flexibility index (Phi) is 7.27. The zero-order valence-corrected chi connectivity index (χ0v) is 23.4. The van der Waals surface area contributed by atoms with E-state index in [0.29, 0.717) is 22.8 Å². The predicted octanol–water partition coefficient (Wildman–Crippen LogP) is 9.17. The predicted molar refractivity (Wildman–Crippen MR) is 149 cm³/mol. The minimum absolute atomic E-state index is 0.00905. The summed E-state index contributed by atoms with van der Waals surface area (Å²) in [7, 11) is 0. The van der Waals surface area contributed by atoms with Crippen LogP contribution in [-0.4, -0.2) is 12.1 Å². The molecule has 5 rings (SSSR count). The van der Waals surface area contributed by atoms with E-state index in [-0.39, 0.29) is 17.5 Å². The lowest BCUT2D eigenvalue weighted by Gasteiger charge is -2.58. The summed E-state index contributed by atoms with van der Waals surface area (Å²) in [6.07, 6.45) is 17.7. The van der Waals surface area contributed by atoms with Crippen molar-refractivity contribution in [1.82, 2.24) is 0 Å². The molecule has 2 unspecified atom stereocenters. The van der Waals surface area contributed by atoms with Gasteiger partial charge in [0.25, 0.3) is 0 Å². The number of benzene rings is 1. The average Bonchev–Trinajstić information content (AvgIpc) is 3.22. The minimum Gasteiger partial charge on any atom is -0.458 e. The molecule has 2 saturated carbocycles. The SMILES string of the molecule is CC(C)CCC[C@@H](C)[C@H]1CC=C2C3=CCC4CCCC(OC(=O)c5ccccc5)[C@]4(C)[C@H]3CC[C@@]21C. The lowest BCUT2D eigenvalue weighted by atomic mass is 9.48. The highest BCUT2D eigenvalue weighted by atomic mass is 16.5. The number of hydrogen-bond acceptors (Lipinski definition) is 2. The van der Waals surface area contributed by atoms with Gasteiger partial charge in [-0.15, -0.1) is 0 Å². The third kappa shape index (κ3) is 4.41. The second kappa shape index (κ2) is 10.1. The van der Waals surface area contributed by atoms with Crippen LogP contribution in [0.2, 0.25) is 0 Å². The summed E-state index contributed by atoms with van der Waals surface area (Å²) in [5.41, 5.74) is 4.32.